The van der Waals surface area contributed by atoms with Gasteiger partial charge < -0.3 is 29.1 Å². The van der Waals surface area contributed by atoms with Crippen molar-refractivity contribution in [3.05, 3.63) is 0 Å². The van der Waals surface area contributed by atoms with E-state index >= 15 is 0 Å². The van der Waals surface area contributed by atoms with Gasteiger partial charge in [0.2, 0.25) is 11.8 Å². The predicted molar refractivity (Wildman–Crippen MR) is 159 cm³/mol. The van der Waals surface area contributed by atoms with Crippen molar-refractivity contribution in [1.82, 2.24) is 9.80 Å². The molecule has 0 aromatic heterocycles. The highest BCUT2D eigenvalue weighted by Crippen LogP contribution is 2.29. The summed E-state index contributed by atoms with van der Waals surface area (Å²) in [5.74, 6) is 1.02. The van der Waals surface area contributed by atoms with E-state index in [2.05, 4.69) is 11.8 Å². The normalized spacial score (nSPS) is 19.2. The number of aliphatic hydroxyl groups excluding tert-OH is 1. The monoisotopic (exact) mass is 578 g/mol. The molecule has 0 spiro atoms. The third kappa shape index (κ3) is 17.2. The molecule has 8 nitrogen and oxygen atoms in total. The van der Waals surface area contributed by atoms with E-state index in [0.29, 0.717) is 44.7 Å². The minimum atomic E-state index is -0.665. The topological polar surface area (TPSA) is 88.5 Å². The summed E-state index contributed by atoms with van der Waals surface area (Å²) in [5.41, 5.74) is 0. The van der Waals surface area contributed by atoms with Crippen LogP contribution in [0.25, 0.3) is 0 Å². The third-order valence-corrected chi connectivity index (χ3v) is 9.34. The Morgan fingerprint density at radius 2 is 1.11 bits per heavy atom. The zero-order valence-electron chi connectivity index (χ0n) is 24.4. The number of hydrogen-bond acceptors (Lipinski definition) is 8. The fourth-order valence-corrected chi connectivity index (χ4v) is 6.93. The van der Waals surface area contributed by atoms with Gasteiger partial charge in [0.05, 0.1) is 39.6 Å². The number of thioether (sulfide) groups is 2. The van der Waals surface area contributed by atoms with Crippen LogP contribution < -0.4 is 0 Å². The first-order valence-corrected chi connectivity index (χ1v) is 16.5. The molecule has 1 fully saturated rings. The maximum atomic E-state index is 12.4. The zero-order chi connectivity index (χ0) is 28.0. The molecule has 2 unspecified atom stereocenters. The standard InChI is InChI=1S/C28H54N2O6S2/c1-29(2)27(32)26(28(33)30(3)4)14-16-34-20-22-37-24-10-6-5-7-11-25(13-9-8-12-24)38-23-21-36-19-18-35-17-15-31/h24-26,31H,5-23H2,1-4H3. The van der Waals surface area contributed by atoms with Crippen molar-refractivity contribution < 1.29 is 28.9 Å². The number of nitrogens with zero attached hydrogens (tertiary/aromatic N) is 2. The van der Waals surface area contributed by atoms with Gasteiger partial charge in [0.15, 0.2) is 0 Å². The fraction of sp³-hybridized carbons (Fsp3) is 0.929. The number of amides is 2. The lowest BCUT2D eigenvalue weighted by Crippen LogP contribution is -2.41. The van der Waals surface area contributed by atoms with Gasteiger partial charge in [-0.1, -0.05) is 32.1 Å². The molecule has 1 aliphatic carbocycles. The molecule has 0 radical (unpaired) electrons. The molecule has 38 heavy (non-hydrogen) atoms. The van der Waals surface area contributed by atoms with Gasteiger partial charge in [-0.2, -0.15) is 23.5 Å². The Morgan fingerprint density at radius 3 is 1.55 bits per heavy atom. The van der Waals surface area contributed by atoms with Gasteiger partial charge in [-0.25, -0.2) is 0 Å². The first kappa shape index (κ1) is 35.5. The molecule has 1 rings (SSSR count). The van der Waals surface area contributed by atoms with Gasteiger partial charge in [-0.3, -0.25) is 9.59 Å². The summed E-state index contributed by atoms with van der Waals surface area (Å²) >= 11 is 4.10. The van der Waals surface area contributed by atoms with Crippen LogP contribution in [0.1, 0.15) is 64.2 Å². The Labute approximate surface area is 240 Å². The molecule has 2 atom stereocenters. The Hall–Kier alpha value is -0.520. The first-order chi connectivity index (χ1) is 18.4. The minimum Gasteiger partial charge on any atom is -0.394 e. The highest BCUT2D eigenvalue weighted by atomic mass is 32.2. The van der Waals surface area contributed by atoms with E-state index in [1.807, 2.05) is 11.8 Å². The van der Waals surface area contributed by atoms with Gasteiger partial charge in [-0.15, -0.1) is 0 Å². The van der Waals surface area contributed by atoms with E-state index in [1.54, 1.807) is 28.2 Å². The highest BCUT2D eigenvalue weighted by Gasteiger charge is 2.29. The number of hydrogen-bond donors (Lipinski definition) is 1. The lowest BCUT2D eigenvalue weighted by atomic mass is 10.0. The molecule has 224 valence electrons. The van der Waals surface area contributed by atoms with Crippen LogP contribution in [0.3, 0.4) is 0 Å². The number of aliphatic hydroxyl groups is 1. The summed E-state index contributed by atoms with van der Waals surface area (Å²) in [7, 11) is 6.75. The lowest BCUT2D eigenvalue weighted by Gasteiger charge is -2.23. The van der Waals surface area contributed by atoms with E-state index < -0.39 is 5.92 Å². The molecule has 0 saturated heterocycles. The maximum Gasteiger partial charge on any atom is 0.234 e. The highest BCUT2D eigenvalue weighted by molar-refractivity contribution is 8.00. The SMILES string of the molecule is CN(C)C(=O)C(CCOCCSC1CCCCCC(SCCOCCOCCO)CCCC1)C(=O)N(C)C. The molecule has 1 saturated carbocycles. The van der Waals surface area contributed by atoms with Crippen molar-refractivity contribution in [1.29, 1.82) is 0 Å². The van der Waals surface area contributed by atoms with E-state index in [-0.39, 0.29) is 18.4 Å². The number of rotatable bonds is 18. The molecule has 0 aromatic rings. The predicted octanol–water partition coefficient (Wildman–Crippen LogP) is 3.94. The molecule has 0 aliphatic heterocycles. The minimum absolute atomic E-state index is 0.0644. The van der Waals surface area contributed by atoms with Crippen LogP contribution in [-0.2, 0) is 23.8 Å². The molecule has 10 heteroatoms. The summed E-state index contributed by atoms with van der Waals surface area (Å²) in [6.07, 6.45) is 12.1. The molecule has 1 aliphatic rings. The average Bonchev–Trinajstić information content (AvgIpc) is 2.94. The van der Waals surface area contributed by atoms with Crippen molar-refractivity contribution in [2.75, 3.05) is 85.9 Å². The van der Waals surface area contributed by atoms with Crippen LogP contribution in [0.2, 0.25) is 0 Å². The summed E-state index contributed by atoms with van der Waals surface area (Å²) < 4.78 is 16.7. The number of ether oxygens (including phenoxy) is 3. The van der Waals surface area contributed by atoms with E-state index in [9.17, 15) is 9.59 Å². The molecule has 0 bridgehead atoms. The van der Waals surface area contributed by atoms with Crippen molar-refractivity contribution in [3.8, 4) is 0 Å². The molecule has 2 amide bonds. The summed E-state index contributed by atoms with van der Waals surface area (Å²) in [4.78, 5) is 27.8. The fourth-order valence-electron chi connectivity index (χ4n) is 4.50. The van der Waals surface area contributed by atoms with Crippen LogP contribution in [0, 0.1) is 5.92 Å². The maximum absolute atomic E-state index is 12.4. The first-order valence-electron chi connectivity index (χ1n) is 14.4. The number of carbonyl (C=O) groups excluding carboxylic acids is 2. The van der Waals surface area contributed by atoms with E-state index in [4.69, 9.17) is 19.3 Å². The smallest absolute Gasteiger partial charge is 0.234 e. The van der Waals surface area contributed by atoms with Gasteiger partial charge in [0, 0.05) is 56.8 Å². The molecule has 1 N–H and O–H groups in total. The van der Waals surface area contributed by atoms with Gasteiger partial charge in [0.25, 0.3) is 0 Å². The van der Waals surface area contributed by atoms with Crippen LogP contribution in [0.4, 0.5) is 0 Å². The largest absolute Gasteiger partial charge is 0.394 e. The average molecular weight is 579 g/mol. The second kappa shape index (κ2) is 23.2. The third-order valence-electron chi connectivity index (χ3n) is 6.65. The van der Waals surface area contributed by atoms with E-state index in [0.717, 1.165) is 23.4 Å². The quantitative estimate of drug-likeness (QED) is 0.193. The van der Waals surface area contributed by atoms with Crippen molar-refractivity contribution >= 4 is 35.3 Å². The van der Waals surface area contributed by atoms with Crippen LogP contribution in [0.5, 0.6) is 0 Å². The summed E-state index contributed by atoms with van der Waals surface area (Å²) in [5, 5.41) is 10.1. The van der Waals surface area contributed by atoms with E-state index in [1.165, 1.54) is 67.6 Å². The van der Waals surface area contributed by atoms with Gasteiger partial charge in [0.1, 0.15) is 5.92 Å². The lowest BCUT2D eigenvalue weighted by molar-refractivity contribution is -0.145. The second-order valence-corrected chi connectivity index (χ2v) is 13.1. The van der Waals surface area contributed by atoms with Crippen LogP contribution >= 0.6 is 23.5 Å². The molecular weight excluding hydrogens is 524 g/mol. The second-order valence-electron chi connectivity index (χ2n) is 10.3. The van der Waals surface area contributed by atoms with Crippen LogP contribution in [-0.4, -0.2) is 123 Å². The summed E-state index contributed by atoms with van der Waals surface area (Å²) in [6, 6.07) is 0. The molecule has 0 heterocycles. The van der Waals surface area contributed by atoms with Gasteiger partial charge >= 0.3 is 0 Å². The Balaban J connectivity index is 2.22. The number of carbonyl (C=O) groups is 2. The molecule has 0 aromatic carbocycles. The van der Waals surface area contributed by atoms with Crippen molar-refractivity contribution in [2.24, 2.45) is 5.92 Å². The molecular formula is C28H54N2O6S2. The summed E-state index contributed by atoms with van der Waals surface area (Å²) in [6.45, 7) is 3.45. The van der Waals surface area contributed by atoms with Crippen LogP contribution in [0.15, 0.2) is 0 Å². The van der Waals surface area contributed by atoms with Gasteiger partial charge in [-0.05, 0) is 32.1 Å². The Kier molecular flexibility index (Phi) is 21.7. The van der Waals surface area contributed by atoms with Crippen molar-refractivity contribution in [2.45, 2.75) is 74.7 Å². The Morgan fingerprint density at radius 1 is 0.684 bits per heavy atom. The zero-order valence-corrected chi connectivity index (χ0v) is 26.0. The Bertz CT molecular complexity index is 592. The van der Waals surface area contributed by atoms with Crippen molar-refractivity contribution in [3.63, 3.8) is 0 Å².